The largest absolute Gasteiger partial charge is 0.496 e. The summed E-state index contributed by atoms with van der Waals surface area (Å²) in [5, 5.41) is 3.01. The van der Waals surface area contributed by atoms with E-state index < -0.39 is 22.5 Å². The van der Waals surface area contributed by atoms with Crippen LogP contribution in [0, 0.1) is 13.8 Å². The molecule has 0 unspecified atom stereocenters. The van der Waals surface area contributed by atoms with Gasteiger partial charge in [0, 0.05) is 0 Å². The van der Waals surface area contributed by atoms with Crippen molar-refractivity contribution in [3.05, 3.63) is 83.4 Å². The Morgan fingerprint density at radius 1 is 0.972 bits per heavy atom. The summed E-state index contributed by atoms with van der Waals surface area (Å²) in [7, 11) is -2.44. The van der Waals surface area contributed by atoms with E-state index in [-0.39, 0.29) is 10.9 Å². The molecule has 0 heterocycles. The molecule has 3 aromatic rings. The first-order chi connectivity index (χ1) is 17.2. The summed E-state index contributed by atoms with van der Waals surface area (Å²) in [6.45, 7) is 7.58. The second kappa shape index (κ2) is 11.9. The standard InChI is InChI=1S/C28H34N2O5S/c1-6-24(22-14-17-26(34-5)21(4)18-22)29-28(31)19-30(25-10-8-9-11-27(25)35-7-2)36(32,33)23-15-12-20(3)13-16-23/h8-18,24H,6-7,19H2,1-5H3,(H,29,31)/t24-/m1/s1. The fraction of sp³-hybridized carbons (Fsp3) is 0.321. The molecule has 0 saturated carbocycles. The molecule has 0 spiro atoms. The number of nitrogens with one attached hydrogen (secondary N) is 1. The summed E-state index contributed by atoms with van der Waals surface area (Å²) in [4.78, 5) is 13.4. The highest BCUT2D eigenvalue weighted by molar-refractivity contribution is 7.92. The molecule has 0 fully saturated rings. The number of hydrogen-bond acceptors (Lipinski definition) is 5. The number of carbonyl (C=O) groups is 1. The predicted molar refractivity (Wildman–Crippen MR) is 142 cm³/mol. The lowest BCUT2D eigenvalue weighted by Crippen LogP contribution is -2.42. The van der Waals surface area contributed by atoms with Crippen molar-refractivity contribution in [2.24, 2.45) is 0 Å². The lowest BCUT2D eigenvalue weighted by molar-refractivity contribution is -0.120. The third-order valence-corrected chi connectivity index (χ3v) is 7.67. The molecule has 0 aliphatic carbocycles. The Morgan fingerprint density at radius 3 is 2.28 bits per heavy atom. The van der Waals surface area contributed by atoms with Gasteiger partial charge in [0.25, 0.3) is 10.0 Å². The first-order valence-corrected chi connectivity index (χ1v) is 13.4. The number of nitrogens with zero attached hydrogens (tertiary/aromatic N) is 1. The lowest BCUT2D eigenvalue weighted by Gasteiger charge is -2.27. The van der Waals surface area contributed by atoms with Gasteiger partial charge in [-0.15, -0.1) is 0 Å². The normalized spacial score (nSPS) is 12.0. The average molecular weight is 511 g/mol. The Bertz CT molecular complexity index is 1290. The van der Waals surface area contributed by atoms with Gasteiger partial charge in [-0.25, -0.2) is 8.42 Å². The SMILES string of the molecule is CCOc1ccccc1N(CC(=O)N[C@H](CC)c1ccc(OC)c(C)c1)S(=O)(=O)c1ccc(C)cc1. The number of carbonyl (C=O) groups excluding carboxylic acids is 1. The number of para-hydroxylation sites is 2. The number of methoxy groups -OCH3 is 1. The number of amides is 1. The Hall–Kier alpha value is -3.52. The summed E-state index contributed by atoms with van der Waals surface area (Å²) in [5.74, 6) is 0.737. The first-order valence-electron chi connectivity index (χ1n) is 12.0. The van der Waals surface area contributed by atoms with E-state index in [4.69, 9.17) is 9.47 Å². The van der Waals surface area contributed by atoms with Gasteiger partial charge in [0.1, 0.15) is 18.0 Å². The van der Waals surface area contributed by atoms with Crippen molar-refractivity contribution in [1.82, 2.24) is 5.32 Å². The zero-order valence-corrected chi connectivity index (χ0v) is 22.3. The molecule has 36 heavy (non-hydrogen) atoms. The van der Waals surface area contributed by atoms with Crippen LogP contribution >= 0.6 is 0 Å². The molecule has 1 N–H and O–H groups in total. The van der Waals surface area contributed by atoms with Gasteiger partial charge in [-0.05, 0) is 68.7 Å². The van der Waals surface area contributed by atoms with E-state index in [9.17, 15) is 13.2 Å². The Kier molecular flexibility index (Phi) is 8.98. The maximum absolute atomic E-state index is 13.8. The predicted octanol–water partition coefficient (Wildman–Crippen LogP) is 5.17. The van der Waals surface area contributed by atoms with E-state index in [0.29, 0.717) is 24.5 Å². The second-order valence-corrected chi connectivity index (χ2v) is 10.3. The number of sulfonamides is 1. The number of hydrogen-bond donors (Lipinski definition) is 1. The molecular formula is C28H34N2O5S. The first kappa shape index (κ1) is 27.1. The molecule has 7 nitrogen and oxygen atoms in total. The van der Waals surface area contributed by atoms with Crippen LogP contribution in [0.3, 0.4) is 0 Å². The van der Waals surface area contributed by atoms with Crippen LogP contribution in [0.15, 0.2) is 71.6 Å². The highest BCUT2D eigenvalue weighted by Gasteiger charge is 2.30. The fourth-order valence-corrected chi connectivity index (χ4v) is 5.42. The number of anilines is 1. The lowest BCUT2D eigenvalue weighted by atomic mass is 10.0. The third kappa shape index (κ3) is 6.18. The van der Waals surface area contributed by atoms with Crippen LogP contribution in [0.5, 0.6) is 11.5 Å². The molecule has 3 aromatic carbocycles. The number of benzene rings is 3. The third-order valence-electron chi connectivity index (χ3n) is 5.89. The van der Waals surface area contributed by atoms with Gasteiger partial charge in [0.2, 0.25) is 5.91 Å². The van der Waals surface area contributed by atoms with Crippen molar-refractivity contribution in [2.45, 2.75) is 45.1 Å². The topological polar surface area (TPSA) is 84.9 Å². The van der Waals surface area contributed by atoms with Crippen LogP contribution < -0.4 is 19.1 Å². The molecule has 0 aliphatic heterocycles. The Labute approximate surface area is 214 Å². The van der Waals surface area contributed by atoms with E-state index in [1.54, 1.807) is 55.6 Å². The Balaban J connectivity index is 1.96. The molecule has 0 saturated heterocycles. The summed E-state index contributed by atoms with van der Waals surface area (Å²) in [5.41, 5.74) is 3.13. The number of rotatable bonds is 11. The zero-order valence-electron chi connectivity index (χ0n) is 21.4. The van der Waals surface area contributed by atoms with Crippen LogP contribution in [0.1, 0.15) is 43.0 Å². The van der Waals surface area contributed by atoms with Crippen molar-refractivity contribution in [3.63, 3.8) is 0 Å². The van der Waals surface area contributed by atoms with Crippen LogP contribution in [0.4, 0.5) is 5.69 Å². The van der Waals surface area contributed by atoms with Gasteiger partial charge < -0.3 is 14.8 Å². The van der Waals surface area contributed by atoms with E-state index in [1.807, 2.05) is 45.9 Å². The van der Waals surface area contributed by atoms with Gasteiger partial charge in [0.05, 0.1) is 30.3 Å². The maximum Gasteiger partial charge on any atom is 0.264 e. The molecule has 192 valence electrons. The van der Waals surface area contributed by atoms with Gasteiger partial charge in [-0.2, -0.15) is 0 Å². The molecule has 8 heteroatoms. The Morgan fingerprint density at radius 2 is 1.67 bits per heavy atom. The second-order valence-electron chi connectivity index (χ2n) is 8.48. The fourth-order valence-electron chi connectivity index (χ4n) is 3.99. The van der Waals surface area contributed by atoms with Crippen LogP contribution in [0.2, 0.25) is 0 Å². The minimum absolute atomic E-state index is 0.102. The summed E-state index contributed by atoms with van der Waals surface area (Å²) >= 11 is 0. The van der Waals surface area contributed by atoms with Gasteiger partial charge >= 0.3 is 0 Å². The maximum atomic E-state index is 13.8. The van der Waals surface area contributed by atoms with Crippen LogP contribution in [-0.2, 0) is 14.8 Å². The van der Waals surface area contributed by atoms with E-state index in [2.05, 4.69) is 5.32 Å². The van der Waals surface area contributed by atoms with E-state index in [1.165, 1.54) is 0 Å². The summed E-state index contributed by atoms with van der Waals surface area (Å²) < 4.78 is 39.7. The van der Waals surface area contributed by atoms with Crippen molar-refractivity contribution in [2.75, 3.05) is 24.6 Å². The quantitative estimate of drug-likeness (QED) is 0.385. The van der Waals surface area contributed by atoms with Gasteiger partial charge in [-0.1, -0.05) is 48.9 Å². The average Bonchev–Trinajstić information content (AvgIpc) is 2.86. The molecule has 1 amide bonds. The molecular weight excluding hydrogens is 476 g/mol. The number of ether oxygens (including phenoxy) is 2. The van der Waals surface area contributed by atoms with Crippen molar-refractivity contribution in [3.8, 4) is 11.5 Å². The molecule has 3 rings (SSSR count). The van der Waals surface area contributed by atoms with Crippen LogP contribution in [-0.4, -0.2) is 34.6 Å². The van der Waals surface area contributed by atoms with Crippen molar-refractivity contribution >= 4 is 21.6 Å². The molecule has 0 bridgehead atoms. The monoisotopic (exact) mass is 510 g/mol. The minimum atomic E-state index is -4.05. The minimum Gasteiger partial charge on any atom is -0.496 e. The van der Waals surface area contributed by atoms with E-state index in [0.717, 1.165) is 26.7 Å². The highest BCUT2D eigenvalue weighted by atomic mass is 32.2. The summed E-state index contributed by atoms with van der Waals surface area (Å²) in [6, 6.07) is 18.9. The summed E-state index contributed by atoms with van der Waals surface area (Å²) in [6.07, 6.45) is 0.637. The molecule has 0 aromatic heterocycles. The molecule has 0 aliphatic rings. The van der Waals surface area contributed by atoms with E-state index >= 15 is 0 Å². The van der Waals surface area contributed by atoms with Gasteiger partial charge in [-0.3, -0.25) is 9.10 Å². The van der Waals surface area contributed by atoms with Gasteiger partial charge in [0.15, 0.2) is 0 Å². The molecule has 1 atom stereocenters. The zero-order chi connectivity index (χ0) is 26.3. The number of aryl methyl sites for hydroxylation is 2. The molecule has 0 radical (unpaired) electrons. The van der Waals surface area contributed by atoms with Crippen molar-refractivity contribution in [1.29, 1.82) is 0 Å². The smallest absolute Gasteiger partial charge is 0.264 e. The highest BCUT2D eigenvalue weighted by Crippen LogP contribution is 2.33. The van der Waals surface area contributed by atoms with Crippen molar-refractivity contribution < 1.29 is 22.7 Å². The van der Waals surface area contributed by atoms with Crippen LogP contribution in [0.25, 0.3) is 0 Å².